The van der Waals surface area contributed by atoms with Crippen molar-refractivity contribution in [2.45, 2.75) is 45.6 Å². The van der Waals surface area contributed by atoms with E-state index >= 15 is 0 Å². The minimum absolute atomic E-state index is 0.0402. The zero-order valence-electron chi connectivity index (χ0n) is 15.8. The highest BCUT2D eigenvalue weighted by Crippen LogP contribution is 2.36. The van der Waals surface area contributed by atoms with Gasteiger partial charge in [0.2, 0.25) is 0 Å². The molecule has 25 heavy (non-hydrogen) atoms. The lowest BCUT2D eigenvalue weighted by Gasteiger charge is -2.43. The maximum Gasteiger partial charge on any atom is 0.261 e. The first kappa shape index (κ1) is 19.6. The average molecular weight is 357 g/mol. The largest absolute Gasteiger partial charge is 0.407 e. The van der Waals surface area contributed by atoms with E-state index in [1.54, 1.807) is 0 Å². The molecular weight excluding hydrogens is 327 g/mol. The van der Waals surface area contributed by atoms with Crippen LogP contribution in [-0.4, -0.2) is 14.9 Å². The summed E-state index contributed by atoms with van der Waals surface area (Å²) in [5.74, 6) is 0. The smallest absolute Gasteiger partial charge is 0.261 e. The van der Waals surface area contributed by atoms with Gasteiger partial charge in [0.05, 0.1) is 6.33 Å². The first-order valence-corrected chi connectivity index (χ1v) is 10.9. The molecule has 134 valence electrons. The molecule has 0 aliphatic rings. The van der Waals surface area contributed by atoms with Crippen molar-refractivity contribution in [1.29, 1.82) is 0 Å². The van der Waals surface area contributed by atoms with Crippen molar-refractivity contribution in [2.24, 2.45) is 0 Å². The van der Waals surface area contributed by atoms with Gasteiger partial charge in [0, 0.05) is 6.61 Å². The first-order chi connectivity index (χ1) is 12.0. The van der Waals surface area contributed by atoms with Crippen LogP contribution in [0.25, 0.3) is 0 Å². The van der Waals surface area contributed by atoms with Gasteiger partial charge in [-0.3, -0.25) is 0 Å². The molecule has 1 nitrogen and oxygen atoms in total. The molecule has 0 bridgehead atoms. The van der Waals surface area contributed by atoms with Crippen LogP contribution in [-0.2, 0) is 4.43 Å². The highest BCUT2D eigenvalue weighted by molar-refractivity contribution is 6.99. The summed E-state index contributed by atoms with van der Waals surface area (Å²) >= 11 is 0. The molecule has 0 spiro atoms. The van der Waals surface area contributed by atoms with Crippen LogP contribution < -0.4 is 10.4 Å². The zero-order chi connectivity index (χ0) is 18.3. The van der Waals surface area contributed by atoms with Gasteiger partial charge >= 0.3 is 0 Å². The van der Waals surface area contributed by atoms with Crippen molar-refractivity contribution in [2.75, 3.05) is 6.61 Å². The Morgan fingerprint density at radius 3 is 1.80 bits per heavy atom. The SMILES string of the molecule is CCC(=CF)CCO[Si](c1ccccc1)(c1ccccc1)C(C)(C)C. The molecule has 0 aromatic heterocycles. The van der Waals surface area contributed by atoms with E-state index in [9.17, 15) is 4.39 Å². The molecule has 0 aliphatic heterocycles. The van der Waals surface area contributed by atoms with Gasteiger partial charge in [0.1, 0.15) is 0 Å². The van der Waals surface area contributed by atoms with Gasteiger partial charge in [0.25, 0.3) is 8.32 Å². The third-order valence-electron chi connectivity index (χ3n) is 4.77. The first-order valence-electron chi connectivity index (χ1n) is 8.99. The number of hydrogen-bond acceptors (Lipinski definition) is 1. The summed E-state index contributed by atoms with van der Waals surface area (Å²) in [5, 5.41) is 2.48. The standard InChI is InChI=1S/C22H29FOSi/c1-5-19(18-23)16-17-24-25(22(2,3)4,20-12-8-6-9-13-20)21-14-10-7-11-15-21/h6-15,18H,5,16-17H2,1-4H3. The topological polar surface area (TPSA) is 9.23 Å². The summed E-state index contributed by atoms with van der Waals surface area (Å²) in [6, 6.07) is 21.1. The molecule has 2 aromatic rings. The van der Waals surface area contributed by atoms with Crippen molar-refractivity contribution in [3.63, 3.8) is 0 Å². The van der Waals surface area contributed by atoms with Gasteiger partial charge in [-0.1, -0.05) is 88.4 Å². The molecule has 0 heterocycles. The van der Waals surface area contributed by atoms with E-state index in [0.717, 1.165) is 18.3 Å². The Hall–Kier alpha value is -1.71. The molecule has 0 amide bonds. The van der Waals surface area contributed by atoms with Gasteiger partial charge in [-0.2, -0.15) is 0 Å². The number of rotatable bonds is 7. The minimum atomic E-state index is -2.49. The molecule has 0 N–H and O–H groups in total. The van der Waals surface area contributed by atoms with Crippen molar-refractivity contribution in [1.82, 2.24) is 0 Å². The fraction of sp³-hybridized carbons (Fsp3) is 0.364. The molecule has 0 aliphatic carbocycles. The lowest BCUT2D eigenvalue weighted by molar-refractivity contribution is 0.300. The number of benzene rings is 2. The summed E-state index contributed by atoms with van der Waals surface area (Å²) in [5.41, 5.74) is 0.804. The van der Waals surface area contributed by atoms with Crippen LogP contribution in [0.15, 0.2) is 72.6 Å². The Kier molecular flexibility index (Phi) is 6.74. The molecule has 0 saturated heterocycles. The fourth-order valence-corrected chi connectivity index (χ4v) is 7.97. The van der Waals surface area contributed by atoms with Crippen LogP contribution in [0.5, 0.6) is 0 Å². The Balaban J connectivity index is 2.49. The van der Waals surface area contributed by atoms with E-state index in [1.165, 1.54) is 10.4 Å². The molecule has 2 aromatic carbocycles. The zero-order valence-corrected chi connectivity index (χ0v) is 16.8. The Labute approximate surface area is 152 Å². The maximum atomic E-state index is 13.0. The number of hydrogen-bond donors (Lipinski definition) is 0. The van der Waals surface area contributed by atoms with Crippen molar-refractivity contribution < 1.29 is 8.82 Å². The number of halogens is 1. The lowest BCUT2D eigenvalue weighted by Crippen LogP contribution is -2.66. The minimum Gasteiger partial charge on any atom is -0.407 e. The molecule has 0 fully saturated rings. The molecule has 0 atom stereocenters. The summed E-state index contributed by atoms with van der Waals surface area (Å²) in [4.78, 5) is 0. The third kappa shape index (κ3) is 4.28. The normalized spacial score (nSPS) is 13.1. The van der Waals surface area contributed by atoms with E-state index in [2.05, 4.69) is 69.3 Å². The van der Waals surface area contributed by atoms with Gasteiger partial charge < -0.3 is 4.43 Å². The second-order valence-corrected chi connectivity index (χ2v) is 11.7. The van der Waals surface area contributed by atoms with Crippen LogP contribution in [0.3, 0.4) is 0 Å². The summed E-state index contributed by atoms with van der Waals surface area (Å²) < 4.78 is 19.7. The molecule has 2 rings (SSSR count). The monoisotopic (exact) mass is 356 g/mol. The Morgan fingerprint density at radius 1 is 0.960 bits per heavy atom. The molecule has 0 radical (unpaired) electrons. The van der Waals surface area contributed by atoms with E-state index in [4.69, 9.17) is 4.43 Å². The second kappa shape index (κ2) is 8.59. The fourth-order valence-electron chi connectivity index (χ4n) is 3.41. The predicted octanol–water partition coefficient (Wildman–Crippen LogP) is 5.22. The highest BCUT2D eigenvalue weighted by Gasteiger charge is 2.49. The molecule has 0 unspecified atom stereocenters. The summed E-state index contributed by atoms with van der Waals surface area (Å²) in [6.45, 7) is 9.28. The maximum absolute atomic E-state index is 13.0. The van der Waals surface area contributed by atoms with Crippen LogP contribution in [0.4, 0.5) is 4.39 Å². The summed E-state index contributed by atoms with van der Waals surface area (Å²) in [6.07, 6.45) is 2.09. The second-order valence-electron chi connectivity index (χ2n) is 7.38. The molecule has 3 heteroatoms. The predicted molar refractivity (Wildman–Crippen MR) is 108 cm³/mol. The third-order valence-corrected chi connectivity index (χ3v) is 9.81. The summed E-state index contributed by atoms with van der Waals surface area (Å²) in [7, 11) is -2.49. The van der Waals surface area contributed by atoms with E-state index < -0.39 is 8.32 Å². The van der Waals surface area contributed by atoms with Crippen molar-refractivity contribution in [3.05, 3.63) is 72.6 Å². The van der Waals surface area contributed by atoms with Gasteiger partial charge in [-0.25, -0.2) is 4.39 Å². The van der Waals surface area contributed by atoms with Crippen LogP contribution >= 0.6 is 0 Å². The van der Waals surface area contributed by atoms with Crippen LogP contribution in [0.1, 0.15) is 40.5 Å². The van der Waals surface area contributed by atoms with E-state index in [0.29, 0.717) is 13.0 Å². The molecular formula is C22H29FOSi. The van der Waals surface area contributed by atoms with Crippen molar-refractivity contribution in [3.8, 4) is 0 Å². The van der Waals surface area contributed by atoms with E-state index in [-0.39, 0.29) is 5.04 Å². The van der Waals surface area contributed by atoms with E-state index in [1.807, 2.05) is 19.1 Å². The van der Waals surface area contributed by atoms with Gasteiger partial charge in [-0.15, -0.1) is 0 Å². The Bertz CT molecular complexity index is 635. The van der Waals surface area contributed by atoms with Gasteiger partial charge in [0.15, 0.2) is 0 Å². The Morgan fingerprint density at radius 2 is 1.44 bits per heavy atom. The quantitative estimate of drug-likeness (QED) is 0.618. The van der Waals surface area contributed by atoms with Crippen molar-refractivity contribution >= 4 is 18.7 Å². The lowest BCUT2D eigenvalue weighted by atomic mass is 10.2. The average Bonchev–Trinajstić information content (AvgIpc) is 2.62. The van der Waals surface area contributed by atoms with Gasteiger partial charge in [-0.05, 0) is 33.8 Å². The van der Waals surface area contributed by atoms with Crippen LogP contribution in [0.2, 0.25) is 5.04 Å². The molecule has 0 saturated carbocycles. The highest BCUT2D eigenvalue weighted by atomic mass is 28.4. The van der Waals surface area contributed by atoms with Crippen LogP contribution in [0, 0.1) is 0 Å².